The summed E-state index contributed by atoms with van der Waals surface area (Å²) in [6.45, 7) is 12.2. The summed E-state index contributed by atoms with van der Waals surface area (Å²) in [5, 5.41) is 22.7. The lowest BCUT2D eigenvalue weighted by molar-refractivity contribution is -0.146. The molecule has 3 atom stereocenters. The molecular weight excluding hydrogens is 607 g/mol. The van der Waals surface area contributed by atoms with Crippen LogP contribution in [0, 0.1) is 17.7 Å². The highest BCUT2D eigenvalue weighted by Gasteiger charge is 2.26. The second-order valence-electron chi connectivity index (χ2n) is 12.5. The molecule has 0 saturated carbocycles. The number of carbonyl (C=O) groups excluding carboxylic acids is 2. The SMILES string of the molecule is C/C=C\c1cc(F)c(N)c(N(N)C2CCN(C(C)=O)CC2)c1.CC1/C=C/CC(C)CCC(O)CC(=O)OC1.O=C(O)N1CCNCC1. The zero-order valence-electron chi connectivity index (χ0n) is 28.4. The molecule has 3 unspecified atom stereocenters. The molecular formula is C34H55FN6O6. The zero-order valence-corrected chi connectivity index (χ0v) is 28.4. The highest BCUT2D eigenvalue weighted by atomic mass is 19.1. The number of anilines is 2. The minimum Gasteiger partial charge on any atom is -0.465 e. The lowest BCUT2D eigenvalue weighted by atomic mass is 9.97. The van der Waals surface area contributed by atoms with E-state index in [0.717, 1.165) is 44.3 Å². The molecule has 2 amide bonds. The van der Waals surface area contributed by atoms with Gasteiger partial charge in [0.1, 0.15) is 5.82 Å². The molecule has 12 nitrogen and oxygen atoms in total. The first-order valence-electron chi connectivity index (χ1n) is 16.5. The summed E-state index contributed by atoms with van der Waals surface area (Å²) in [6.07, 6.45) is 10.8. The van der Waals surface area contributed by atoms with Crippen molar-refractivity contribution in [3.05, 3.63) is 41.7 Å². The molecule has 0 bridgehead atoms. The number of piperidine rings is 1. The Labute approximate surface area is 278 Å². The maximum absolute atomic E-state index is 14.0. The number of carboxylic acid groups (broad SMARTS) is 1. The van der Waals surface area contributed by atoms with Gasteiger partial charge in [-0.1, -0.05) is 38.2 Å². The molecule has 3 aliphatic heterocycles. The number of piperazine rings is 1. The fourth-order valence-corrected chi connectivity index (χ4v) is 5.41. The van der Waals surface area contributed by atoms with Crippen LogP contribution in [0.1, 0.15) is 71.8 Å². The number of allylic oxidation sites excluding steroid dienone is 2. The number of nitrogen functional groups attached to an aromatic ring is 1. The number of rotatable bonds is 3. The van der Waals surface area contributed by atoms with E-state index in [4.69, 9.17) is 21.4 Å². The molecule has 2 saturated heterocycles. The van der Waals surface area contributed by atoms with Crippen LogP contribution in [0.4, 0.5) is 20.6 Å². The topological polar surface area (TPSA) is 175 Å². The summed E-state index contributed by atoms with van der Waals surface area (Å²) in [4.78, 5) is 36.2. The molecule has 0 aromatic heterocycles. The van der Waals surface area contributed by atoms with Crippen LogP contribution < -0.4 is 21.9 Å². The van der Waals surface area contributed by atoms with Gasteiger partial charge < -0.3 is 40.8 Å². The van der Waals surface area contributed by atoms with E-state index in [1.807, 2.05) is 19.9 Å². The average molecular weight is 663 g/mol. The minimum absolute atomic E-state index is 0.0400. The van der Waals surface area contributed by atoms with E-state index in [2.05, 4.69) is 24.4 Å². The van der Waals surface area contributed by atoms with E-state index in [1.54, 1.807) is 29.0 Å². The van der Waals surface area contributed by atoms with Gasteiger partial charge in [0.2, 0.25) is 5.91 Å². The molecule has 3 heterocycles. The summed E-state index contributed by atoms with van der Waals surface area (Å²) in [5.74, 6) is 6.32. The molecule has 47 heavy (non-hydrogen) atoms. The number of nitrogens with one attached hydrogen (secondary N) is 1. The van der Waals surface area contributed by atoms with E-state index in [0.29, 0.717) is 50.8 Å². The van der Waals surface area contributed by atoms with Crippen molar-refractivity contribution in [2.75, 3.05) is 56.6 Å². The molecule has 1 aromatic rings. The Balaban J connectivity index is 0.000000268. The van der Waals surface area contributed by atoms with Crippen molar-refractivity contribution >= 4 is 35.4 Å². The standard InChI is InChI=1S/C16H23FN4O.C13H22O3.C5H10N2O2/c1-3-4-12-9-14(17)16(18)15(10-12)21(19)13-5-7-20(8-6-13)11(2)22;1-10-4-3-5-11(2)9-16-13(15)8-12(14)7-6-10;8-5(9)7-3-1-6-2-4-7/h3-4,9-10,13H,5-8,18-19H2,1-2H3;3,5,10-12,14H,4,6-9H2,1-2H3;6H,1-4H2,(H,8,9)/b4-3-;5-3+;. The van der Waals surface area contributed by atoms with E-state index in [1.165, 1.54) is 11.0 Å². The van der Waals surface area contributed by atoms with Crippen molar-refractivity contribution in [2.24, 2.45) is 17.7 Å². The molecule has 3 aliphatic rings. The number of hydrogen-bond donors (Lipinski definition) is 5. The van der Waals surface area contributed by atoms with E-state index >= 15 is 0 Å². The predicted molar refractivity (Wildman–Crippen MR) is 183 cm³/mol. The Hall–Kier alpha value is -3.68. The van der Waals surface area contributed by atoms with Gasteiger partial charge in [-0.05, 0) is 62.6 Å². The number of aliphatic hydroxyl groups excluding tert-OH is 1. The summed E-state index contributed by atoms with van der Waals surface area (Å²) in [5.41, 5.74) is 7.12. The van der Waals surface area contributed by atoms with Crippen LogP contribution in [-0.4, -0.2) is 96.0 Å². The lowest BCUT2D eigenvalue weighted by Crippen LogP contribution is -2.49. The van der Waals surface area contributed by atoms with E-state index < -0.39 is 18.0 Å². The Bertz CT molecular complexity index is 1200. The number of likely N-dealkylation sites (tertiary alicyclic amines) is 1. The number of aliphatic hydroxyl groups is 1. The zero-order chi connectivity index (χ0) is 34.9. The van der Waals surface area contributed by atoms with Gasteiger partial charge >= 0.3 is 12.1 Å². The predicted octanol–water partition coefficient (Wildman–Crippen LogP) is 3.99. The number of benzene rings is 1. The molecule has 0 aliphatic carbocycles. The molecule has 2 fully saturated rings. The van der Waals surface area contributed by atoms with E-state index in [-0.39, 0.29) is 35.9 Å². The molecule has 264 valence electrons. The van der Waals surface area contributed by atoms with Crippen molar-refractivity contribution in [3.8, 4) is 0 Å². The van der Waals surface area contributed by atoms with Gasteiger partial charge in [-0.3, -0.25) is 9.59 Å². The molecule has 1 aromatic carbocycles. The molecule has 7 N–H and O–H groups in total. The van der Waals surface area contributed by atoms with Crippen LogP contribution in [0.3, 0.4) is 0 Å². The fourth-order valence-electron chi connectivity index (χ4n) is 5.41. The van der Waals surface area contributed by atoms with Crippen molar-refractivity contribution in [3.63, 3.8) is 0 Å². The third-order valence-electron chi connectivity index (χ3n) is 8.36. The van der Waals surface area contributed by atoms with Gasteiger partial charge in [0.05, 0.1) is 30.5 Å². The van der Waals surface area contributed by atoms with Crippen LogP contribution in [0.15, 0.2) is 30.4 Å². The summed E-state index contributed by atoms with van der Waals surface area (Å²) in [6, 6.07) is 3.22. The van der Waals surface area contributed by atoms with Gasteiger partial charge in [0.25, 0.3) is 0 Å². The number of ether oxygens (including phenoxy) is 1. The van der Waals surface area contributed by atoms with Crippen molar-refractivity contribution < 1.29 is 33.7 Å². The monoisotopic (exact) mass is 662 g/mol. The van der Waals surface area contributed by atoms with Crippen LogP contribution in [0.5, 0.6) is 0 Å². The Kier molecular flexibility index (Phi) is 17.3. The average Bonchev–Trinajstić information content (AvgIpc) is 3.05. The van der Waals surface area contributed by atoms with Gasteiger partial charge in [-0.2, -0.15) is 0 Å². The first kappa shape index (κ1) is 39.5. The van der Waals surface area contributed by atoms with Crippen LogP contribution in [0.2, 0.25) is 0 Å². The quantitative estimate of drug-likeness (QED) is 0.105. The first-order chi connectivity index (χ1) is 22.3. The lowest BCUT2D eigenvalue weighted by Gasteiger charge is -2.37. The second kappa shape index (κ2) is 20.5. The second-order valence-corrected chi connectivity index (χ2v) is 12.5. The summed E-state index contributed by atoms with van der Waals surface area (Å²) in [7, 11) is 0. The van der Waals surface area contributed by atoms with Crippen LogP contribution >= 0.6 is 0 Å². The maximum Gasteiger partial charge on any atom is 0.407 e. The summed E-state index contributed by atoms with van der Waals surface area (Å²) < 4.78 is 19.0. The third-order valence-corrected chi connectivity index (χ3v) is 8.36. The van der Waals surface area contributed by atoms with Crippen LogP contribution in [-0.2, 0) is 14.3 Å². The number of amides is 2. The Morgan fingerprint density at radius 1 is 1.09 bits per heavy atom. The molecule has 4 rings (SSSR count). The first-order valence-corrected chi connectivity index (χ1v) is 16.5. The van der Waals surface area contributed by atoms with Crippen LogP contribution in [0.25, 0.3) is 6.08 Å². The van der Waals surface area contributed by atoms with Gasteiger partial charge in [-0.25, -0.2) is 15.0 Å². The molecule has 13 heteroatoms. The number of nitrogens with zero attached hydrogens (tertiary/aromatic N) is 3. The normalized spacial score (nSPS) is 23.6. The van der Waals surface area contributed by atoms with E-state index in [9.17, 15) is 23.9 Å². The maximum atomic E-state index is 14.0. The van der Waals surface area contributed by atoms with Crippen molar-refractivity contribution in [1.29, 1.82) is 0 Å². The fraction of sp³-hybridized carbons (Fsp3) is 0.618. The smallest absolute Gasteiger partial charge is 0.407 e. The molecule has 0 radical (unpaired) electrons. The van der Waals surface area contributed by atoms with Crippen molar-refractivity contribution in [2.45, 2.75) is 78.4 Å². The number of carbonyl (C=O) groups is 3. The highest BCUT2D eigenvalue weighted by Crippen LogP contribution is 2.30. The number of halogens is 1. The highest BCUT2D eigenvalue weighted by molar-refractivity contribution is 5.74. The Morgan fingerprint density at radius 2 is 1.74 bits per heavy atom. The Morgan fingerprint density at radius 3 is 2.32 bits per heavy atom. The largest absolute Gasteiger partial charge is 0.465 e. The van der Waals surface area contributed by atoms with Gasteiger partial charge in [0, 0.05) is 58.2 Å². The third kappa shape index (κ3) is 14.3. The summed E-state index contributed by atoms with van der Waals surface area (Å²) >= 11 is 0. The van der Waals surface area contributed by atoms with Gasteiger partial charge in [-0.15, -0.1) is 0 Å². The number of esters is 1. The molecule has 0 spiro atoms. The number of cyclic esters (lactones) is 1. The number of hydrazine groups is 1. The minimum atomic E-state index is -0.809. The van der Waals surface area contributed by atoms with Gasteiger partial charge in [0.15, 0.2) is 0 Å². The number of hydrogen-bond acceptors (Lipinski definition) is 9. The number of nitrogens with two attached hydrogens (primary N) is 2. The van der Waals surface area contributed by atoms with Crippen molar-refractivity contribution in [1.82, 2.24) is 15.1 Å².